The van der Waals surface area contributed by atoms with Crippen molar-refractivity contribution in [3.8, 4) is 0 Å². The predicted molar refractivity (Wildman–Crippen MR) is 37.8 cm³/mol. The van der Waals surface area contributed by atoms with Gasteiger partial charge in [0.25, 0.3) is 0 Å². The standard InChI is InChI=1S/C4H12N4O2/c1-4-7(10)8(5-2)6(3)9/h5H,4H2,1-3H3/q-2. The average molecular weight is 148 g/mol. The number of hydrogen-bond acceptors (Lipinski definition) is 6. The molecular formula is C4H12N4O2-2. The van der Waals surface area contributed by atoms with Crippen LogP contribution in [0.4, 0.5) is 0 Å². The molecule has 0 bridgehead atoms. The van der Waals surface area contributed by atoms with Crippen LogP contribution in [-0.2, 0) is 0 Å². The van der Waals surface area contributed by atoms with E-state index >= 15 is 0 Å². The summed E-state index contributed by atoms with van der Waals surface area (Å²) >= 11 is 0. The van der Waals surface area contributed by atoms with Crippen LogP contribution in [0, 0.1) is 10.4 Å². The van der Waals surface area contributed by atoms with Gasteiger partial charge in [-0.15, -0.1) is 5.23 Å². The van der Waals surface area contributed by atoms with Crippen LogP contribution in [0.5, 0.6) is 0 Å². The van der Waals surface area contributed by atoms with E-state index in [2.05, 4.69) is 5.43 Å². The molecular weight excluding hydrogens is 136 g/mol. The molecule has 0 heterocycles. The van der Waals surface area contributed by atoms with Crippen LogP contribution in [0.3, 0.4) is 0 Å². The van der Waals surface area contributed by atoms with Crippen LogP contribution in [0.15, 0.2) is 0 Å². The molecule has 0 saturated heterocycles. The third kappa shape index (κ3) is 2.56. The summed E-state index contributed by atoms with van der Waals surface area (Å²) in [7, 11) is 2.73. The zero-order valence-electron chi connectivity index (χ0n) is 6.37. The molecule has 0 aliphatic heterocycles. The Labute approximate surface area is 60.1 Å². The van der Waals surface area contributed by atoms with E-state index in [1.807, 2.05) is 0 Å². The van der Waals surface area contributed by atoms with E-state index in [1.54, 1.807) is 6.92 Å². The predicted octanol–water partition coefficient (Wildman–Crippen LogP) is -0.498. The number of hydrogen-bond donors (Lipinski definition) is 1. The average Bonchev–Trinajstić information content (AvgIpc) is 1.88. The molecule has 0 aromatic carbocycles. The Hall–Kier alpha value is -0.240. The third-order valence-corrected chi connectivity index (χ3v) is 0.949. The zero-order chi connectivity index (χ0) is 8.15. The normalized spacial score (nSPS) is 12.0. The van der Waals surface area contributed by atoms with Gasteiger partial charge in [0, 0.05) is 7.05 Å². The minimum Gasteiger partial charge on any atom is -0.770 e. The lowest BCUT2D eigenvalue weighted by Crippen LogP contribution is -2.53. The van der Waals surface area contributed by atoms with Crippen molar-refractivity contribution in [1.82, 2.24) is 21.0 Å². The Morgan fingerprint density at radius 3 is 2.00 bits per heavy atom. The van der Waals surface area contributed by atoms with Crippen molar-refractivity contribution in [3.63, 3.8) is 0 Å². The Bertz CT molecular complexity index is 89.3. The minimum atomic E-state index is 0.230. The van der Waals surface area contributed by atoms with Gasteiger partial charge in [0.05, 0.1) is 0 Å². The van der Waals surface area contributed by atoms with Crippen LogP contribution in [-0.4, -0.2) is 36.2 Å². The first-order valence-electron chi connectivity index (χ1n) is 2.96. The van der Waals surface area contributed by atoms with Gasteiger partial charge in [0.1, 0.15) is 0 Å². The van der Waals surface area contributed by atoms with Crippen LogP contribution >= 0.6 is 0 Å². The lowest BCUT2D eigenvalue weighted by atomic mass is 10.8. The highest BCUT2D eigenvalue weighted by molar-refractivity contribution is 4.47. The molecule has 1 N–H and O–H groups in total. The quantitative estimate of drug-likeness (QED) is 0.542. The highest BCUT2D eigenvalue weighted by Gasteiger charge is 1.98. The van der Waals surface area contributed by atoms with Gasteiger partial charge < -0.3 is 10.4 Å². The zero-order valence-corrected chi connectivity index (χ0v) is 6.37. The number of rotatable bonds is 4. The van der Waals surface area contributed by atoms with Crippen molar-refractivity contribution < 1.29 is 0 Å². The maximum atomic E-state index is 10.7. The second kappa shape index (κ2) is 4.56. The first-order valence-corrected chi connectivity index (χ1v) is 2.96. The largest absolute Gasteiger partial charge is 0.770 e. The van der Waals surface area contributed by atoms with Gasteiger partial charge in [0.15, 0.2) is 0 Å². The molecule has 0 saturated carbocycles. The summed E-state index contributed by atoms with van der Waals surface area (Å²) in [6, 6.07) is 0. The maximum absolute atomic E-state index is 10.7. The summed E-state index contributed by atoms with van der Waals surface area (Å²) < 4.78 is 0. The molecule has 0 radical (unpaired) electrons. The molecule has 10 heavy (non-hydrogen) atoms. The third-order valence-electron chi connectivity index (χ3n) is 0.949. The van der Waals surface area contributed by atoms with Crippen LogP contribution in [0.25, 0.3) is 0 Å². The number of nitrogens with one attached hydrogen (secondary N) is 1. The molecule has 0 aromatic heterocycles. The van der Waals surface area contributed by atoms with Gasteiger partial charge in [-0.3, -0.25) is 10.3 Å². The number of nitrogens with zero attached hydrogens (tertiary/aromatic N) is 3. The van der Waals surface area contributed by atoms with Crippen molar-refractivity contribution >= 4 is 0 Å². The Morgan fingerprint density at radius 2 is 1.90 bits per heavy atom. The summed E-state index contributed by atoms with van der Waals surface area (Å²) in [6.45, 7) is 1.88. The van der Waals surface area contributed by atoms with E-state index in [9.17, 15) is 10.4 Å². The Balaban J connectivity index is 3.80. The first-order chi connectivity index (χ1) is 4.63. The second-order valence-corrected chi connectivity index (χ2v) is 1.65. The molecule has 0 aliphatic rings. The molecule has 0 spiro atoms. The SMILES string of the molecule is CCN([O-])N(NC)N(C)[O-]. The van der Waals surface area contributed by atoms with Crippen LogP contribution in [0.1, 0.15) is 6.92 Å². The van der Waals surface area contributed by atoms with Crippen molar-refractivity contribution in [3.05, 3.63) is 10.4 Å². The summed E-state index contributed by atoms with van der Waals surface area (Å²) in [5.41, 5.74) is 2.41. The van der Waals surface area contributed by atoms with Gasteiger partial charge in [-0.25, -0.2) is 5.43 Å². The molecule has 0 rings (SSSR count). The summed E-state index contributed by atoms with van der Waals surface area (Å²) in [5, 5.41) is 23.0. The lowest BCUT2D eigenvalue weighted by molar-refractivity contribution is -0.155. The summed E-state index contributed by atoms with van der Waals surface area (Å²) in [5.74, 6) is 0. The van der Waals surface area contributed by atoms with E-state index in [0.29, 0.717) is 10.3 Å². The van der Waals surface area contributed by atoms with E-state index in [0.717, 1.165) is 5.23 Å². The topological polar surface area (TPSA) is 67.9 Å². The maximum Gasteiger partial charge on any atom is 0.00142 e. The molecule has 0 atom stereocenters. The molecule has 6 heteroatoms. The van der Waals surface area contributed by atoms with Crippen molar-refractivity contribution in [1.29, 1.82) is 0 Å². The molecule has 0 aliphatic carbocycles. The molecule has 0 fully saturated rings. The number of hydrazine groups is 3. The van der Waals surface area contributed by atoms with E-state index in [4.69, 9.17) is 0 Å². The first kappa shape index (κ1) is 9.76. The summed E-state index contributed by atoms with van der Waals surface area (Å²) in [6.07, 6.45) is 0. The van der Waals surface area contributed by atoms with E-state index in [1.165, 1.54) is 14.1 Å². The van der Waals surface area contributed by atoms with Crippen LogP contribution < -0.4 is 5.43 Å². The molecule has 0 aromatic rings. The monoisotopic (exact) mass is 148 g/mol. The number of hydroxylamine groups is 2. The Morgan fingerprint density at radius 1 is 1.40 bits per heavy atom. The van der Waals surface area contributed by atoms with E-state index in [-0.39, 0.29) is 6.54 Å². The van der Waals surface area contributed by atoms with Gasteiger partial charge in [0.2, 0.25) is 0 Å². The van der Waals surface area contributed by atoms with Crippen molar-refractivity contribution in [2.75, 3.05) is 20.6 Å². The van der Waals surface area contributed by atoms with Crippen molar-refractivity contribution in [2.45, 2.75) is 6.92 Å². The highest BCUT2D eigenvalue weighted by Crippen LogP contribution is 1.92. The molecule has 62 valence electrons. The smallest absolute Gasteiger partial charge is 0.00142 e. The van der Waals surface area contributed by atoms with E-state index < -0.39 is 0 Å². The highest BCUT2D eigenvalue weighted by atomic mass is 16.7. The second-order valence-electron chi connectivity index (χ2n) is 1.65. The van der Waals surface area contributed by atoms with Gasteiger partial charge in [-0.05, 0) is 13.6 Å². The fourth-order valence-electron chi connectivity index (χ4n) is 0.527. The van der Waals surface area contributed by atoms with Gasteiger partial charge >= 0.3 is 0 Å². The Kier molecular flexibility index (Phi) is 4.45. The lowest BCUT2D eigenvalue weighted by Gasteiger charge is -2.46. The minimum absolute atomic E-state index is 0.230. The molecule has 0 unspecified atom stereocenters. The molecule has 6 nitrogen and oxygen atoms in total. The van der Waals surface area contributed by atoms with Gasteiger partial charge in [-0.1, -0.05) is 6.92 Å². The van der Waals surface area contributed by atoms with Crippen molar-refractivity contribution in [2.24, 2.45) is 0 Å². The summed E-state index contributed by atoms with van der Waals surface area (Å²) in [4.78, 5) is 0. The molecule has 0 amide bonds. The van der Waals surface area contributed by atoms with Gasteiger partial charge in [-0.2, -0.15) is 0 Å². The van der Waals surface area contributed by atoms with Crippen LogP contribution in [0.2, 0.25) is 0 Å². The fraction of sp³-hybridized carbons (Fsp3) is 1.00. The fourth-order valence-corrected chi connectivity index (χ4v) is 0.527.